The predicted octanol–water partition coefficient (Wildman–Crippen LogP) is 23.5. The molecule has 3 aliphatic rings. The number of hydrogen-bond acceptors (Lipinski definition) is 23. The van der Waals surface area contributed by atoms with Crippen molar-refractivity contribution < 1.29 is 106 Å². The molecular weight excluding hydrogens is 1980 g/mol. The van der Waals surface area contributed by atoms with Gasteiger partial charge in [0.05, 0.1) is 52.4 Å². The number of Topliss-reactive ketones (excluding diaryl/α,β-unsaturated/α-hetero) is 1. The zero-order valence-corrected chi connectivity index (χ0v) is 91.0. The summed E-state index contributed by atoms with van der Waals surface area (Å²) in [5.41, 5.74) is 25.8. The molecule has 0 aromatic heterocycles. The fourth-order valence-electron chi connectivity index (χ4n) is 13.0. The number of nitrogens with one attached hydrogen (secondary N) is 1. The summed E-state index contributed by atoms with van der Waals surface area (Å²) in [5, 5.41) is 30.9. The van der Waals surface area contributed by atoms with Crippen molar-refractivity contribution in [1.82, 2.24) is 24.9 Å². The summed E-state index contributed by atoms with van der Waals surface area (Å²) in [6.45, 7) is 40.5. The number of ketones is 1. The Labute approximate surface area is 902 Å². The Morgan fingerprint density at radius 3 is 1.01 bits per heavy atom. The van der Waals surface area contributed by atoms with E-state index in [1.807, 2.05) is 158 Å². The van der Waals surface area contributed by atoms with Gasteiger partial charge >= 0.3 is 0 Å². The Kier molecular flexibility index (Phi) is 77.9. The summed E-state index contributed by atoms with van der Waals surface area (Å²) in [6, 6.07) is 72.3. The van der Waals surface area contributed by atoms with Gasteiger partial charge in [-0.3, -0.25) is 24.0 Å². The molecule has 0 atom stereocenters. The van der Waals surface area contributed by atoms with E-state index >= 15 is 0 Å². The van der Waals surface area contributed by atoms with Crippen molar-refractivity contribution in [3.05, 3.63) is 323 Å². The number of phenolic OH excluding ortho intramolecular Hbond substituents is 1. The molecule has 0 bridgehead atoms. The van der Waals surface area contributed by atoms with Crippen LogP contribution < -0.4 is 50.9 Å². The third-order valence-corrected chi connectivity index (χ3v) is 21.4. The van der Waals surface area contributed by atoms with Crippen LogP contribution in [-0.2, 0) is 85.3 Å². The molecule has 0 radical (unpaired) electrons. The van der Waals surface area contributed by atoms with Crippen LogP contribution in [0.4, 0.5) is 13.2 Å². The van der Waals surface area contributed by atoms with Crippen molar-refractivity contribution in [1.29, 1.82) is 0 Å². The van der Waals surface area contributed by atoms with Gasteiger partial charge < -0.3 is 93.4 Å². The number of aromatic hydroxyl groups is 1. The van der Waals surface area contributed by atoms with Crippen LogP contribution in [0.5, 0.6) is 40.2 Å². The van der Waals surface area contributed by atoms with Gasteiger partial charge in [0.25, 0.3) is 5.97 Å². The third-order valence-electron chi connectivity index (χ3n) is 21.4. The number of nitrogens with zero attached hydrogens (tertiary/aromatic N) is 6. The number of amides is 1. The fraction of sp³-hybridized carbons (Fsp3) is 0.433. The predicted molar refractivity (Wildman–Crippen MR) is 595 cm³/mol. The molecule has 3 saturated heterocycles. The third kappa shape index (κ3) is 69.6. The maximum Gasteiger partial charge on any atom is 0.300 e. The summed E-state index contributed by atoms with van der Waals surface area (Å²) in [4.78, 5) is 75.5. The first-order chi connectivity index (χ1) is 69.4. The van der Waals surface area contributed by atoms with Crippen LogP contribution >= 0.6 is 0 Å². The minimum Gasteiger partial charge on any atom is -0.508 e. The number of aryl methyl sites for hydroxylation is 1. The van der Waals surface area contributed by atoms with Crippen LogP contribution in [0.15, 0.2) is 253 Å². The molecule has 10 aromatic carbocycles. The zero-order valence-electron chi connectivity index (χ0n) is 89.4. The summed E-state index contributed by atoms with van der Waals surface area (Å²) >= 11 is 0. The van der Waals surface area contributed by atoms with E-state index in [4.69, 9.17) is 65.8 Å². The molecule has 29 heteroatoms. The number of carbonyl (C=O) groups is 5. The Morgan fingerprint density at radius 2 is 0.711 bits per heavy atom. The average molecular weight is 2160 g/mol. The molecule has 25 nitrogen and oxygen atoms in total. The Bertz CT molecular complexity index is 5080. The Hall–Kier alpha value is -12.2. The van der Waals surface area contributed by atoms with Crippen molar-refractivity contribution in [2.75, 3.05) is 100 Å². The van der Waals surface area contributed by atoms with Gasteiger partial charge in [0.1, 0.15) is 76.1 Å². The molecule has 10 aromatic rings. The topological polar surface area (TPSA) is 346 Å². The summed E-state index contributed by atoms with van der Waals surface area (Å²) in [6.07, 6.45) is 11.5. The minimum absolute atomic E-state index is 0. The first kappa shape index (κ1) is 139. The van der Waals surface area contributed by atoms with Crippen LogP contribution in [0.1, 0.15) is 215 Å². The average Bonchev–Trinajstić information content (AvgIpc) is 0.836. The number of isocyanates is 1. The molecule has 3 aliphatic heterocycles. The number of ether oxygens (including phenoxy) is 6. The van der Waals surface area contributed by atoms with Crippen LogP contribution in [0.2, 0.25) is 0 Å². The molecule has 0 saturated carbocycles. The SMILES string of the molecule is C.C.CC(=O)O.CC(C)COc1ccc(/C=N\O)cc1.CC(C)COc1ccc(C=O)cc1.CC(C)COc1ccc(CCC(=O)N(Cc2ccc(F)cc2)C2CCN(C)CC2)cc1.CC(C)COc1ccc(CN)cc1.CC(C)COc1ccc(CN)cc1.CC(C)COc1ccc(CN=C=O)cc1.CN1CCC(=O)CC1.CN1CCC(NCc2ccc(F)cc2)CC1.NCc1ccc(F)cc1.O=Cc1ccc(O)cc1.[CH3-].[Pd]. The van der Waals surface area contributed by atoms with E-state index < -0.39 is 5.97 Å². The van der Waals surface area contributed by atoms with Gasteiger partial charge in [-0.1, -0.05) is 188 Å². The fourth-order valence-corrected chi connectivity index (χ4v) is 13.0. The van der Waals surface area contributed by atoms with E-state index in [9.17, 15) is 37.1 Å². The smallest absolute Gasteiger partial charge is 0.300 e. The number of carboxylic acid groups (broad SMARTS) is 1. The van der Waals surface area contributed by atoms with Gasteiger partial charge in [0.2, 0.25) is 12.0 Å². The number of nitrogens with two attached hydrogens (primary N) is 3. The molecule has 13 rings (SSSR count). The monoisotopic (exact) mass is 2160 g/mol. The standard InChI is InChI=1S/C26H35FN2O2.C13H19FN2.C12H15NO2.C11H15NO2.2C11H17NO.C11H14O2.C7H8FN.C7H6O2.C6H11NO.C2H4O2.2CH4.CH3.Pd/c1-20(2)19-31-25-11-6-21(7-12-25)8-13-26(30)29(24-14-16-28(3)17-15-24)18-22-4-9-23(27)10-5-22;1-16-8-6-13(7-9-16)15-10-11-2-4-12(14)5-3-11;1-10(2)8-15-12-5-3-11(4-6-12)7-13-9-14;1-9(2)8-14-11-5-3-10(4-6-11)7-12-13;3*1-9(2)8-13-11-5-3-10(7-12)4-6-11;8-7-3-1-6(5-9)2-4-7;8-5-6-1-3-7(9)4-2-6;1-7-4-2-6(8)3-5-7;1-2(3)4;;;;/h4-7,9-12,20,24H,8,13-19H2,1-3H3;2-5,13,15H,6-10H2,1H3;3-6,10H,7-8H2,1-2H3;3-7,9,13H,8H2,1-2H3;2*3-6,9H,7-8,12H2,1-2H3;3-7,9H,8H2,1-2H3;1-4H,5,9H2;1-5,9H;2-5H2,1H3;1H3,(H,3,4);2*1H4;1H3;/q;;;;;;;;;;;;;-1;/b;;;12-7-;;;;;;;;;;;. The number of benzene rings is 10. The Morgan fingerprint density at radius 1 is 0.436 bits per heavy atom. The number of carbonyl (C=O) groups excluding carboxylic acids is 5. The molecule has 0 unspecified atom stereocenters. The molecule has 10 N–H and O–H groups in total. The van der Waals surface area contributed by atoms with Crippen molar-refractivity contribution in [2.24, 2.45) is 62.9 Å². The van der Waals surface area contributed by atoms with Crippen molar-refractivity contribution in [3.63, 3.8) is 0 Å². The normalized spacial score (nSPS) is 12.5. The van der Waals surface area contributed by atoms with Crippen LogP contribution in [0.25, 0.3) is 0 Å². The number of carboxylic acids is 1. The second kappa shape index (κ2) is 83.6. The molecule has 824 valence electrons. The molecule has 3 fully saturated rings. The van der Waals surface area contributed by atoms with Crippen molar-refractivity contribution in [2.45, 2.75) is 208 Å². The first-order valence-corrected chi connectivity index (χ1v) is 49.8. The van der Waals surface area contributed by atoms with E-state index in [2.05, 4.69) is 127 Å². The van der Waals surface area contributed by atoms with Gasteiger partial charge in [-0.15, -0.1) is 0 Å². The van der Waals surface area contributed by atoms with Gasteiger partial charge in [0, 0.05) is 116 Å². The summed E-state index contributed by atoms with van der Waals surface area (Å²) in [7, 11) is 6.33. The van der Waals surface area contributed by atoms with E-state index in [1.54, 1.807) is 48.5 Å². The molecular formula is C120H172F3N10O15Pd-. The largest absolute Gasteiger partial charge is 0.508 e. The molecule has 0 aliphatic carbocycles. The zero-order chi connectivity index (χ0) is 107. The summed E-state index contributed by atoms with van der Waals surface area (Å²) in [5.74, 6) is 7.70. The molecule has 0 spiro atoms. The van der Waals surface area contributed by atoms with Crippen LogP contribution in [-0.4, -0.2) is 190 Å². The van der Waals surface area contributed by atoms with E-state index in [1.165, 1.54) is 86.8 Å². The van der Waals surface area contributed by atoms with Gasteiger partial charge in [-0.2, -0.15) is 0 Å². The van der Waals surface area contributed by atoms with Crippen LogP contribution in [0.3, 0.4) is 0 Å². The second-order valence-corrected chi connectivity index (χ2v) is 37.8. The maximum atomic E-state index is 13.3. The number of halogens is 3. The van der Waals surface area contributed by atoms with Crippen molar-refractivity contribution >= 4 is 42.5 Å². The number of phenols is 1. The minimum atomic E-state index is -0.833. The number of piperidine rings is 3. The van der Waals surface area contributed by atoms with Crippen molar-refractivity contribution in [3.8, 4) is 40.2 Å². The number of aldehydes is 2. The number of likely N-dealkylation sites (tertiary alicyclic amines) is 3. The van der Waals surface area contributed by atoms with Gasteiger partial charge in [-0.25, -0.2) is 23.0 Å². The summed E-state index contributed by atoms with van der Waals surface area (Å²) < 4.78 is 71.4. The first-order valence-electron chi connectivity index (χ1n) is 49.8. The molecule has 149 heavy (non-hydrogen) atoms. The number of oxime groups is 1. The van der Waals surface area contributed by atoms with Gasteiger partial charge in [0.15, 0.2) is 0 Å². The second-order valence-electron chi connectivity index (χ2n) is 37.8. The quantitative estimate of drug-likeness (QED) is 0.00369. The number of aliphatic imine (C=N–C) groups is 1. The van der Waals surface area contributed by atoms with Crippen LogP contribution in [0, 0.1) is 60.4 Å². The number of aliphatic carboxylic acids is 1. The van der Waals surface area contributed by atoms with E-state index in [0.29, 0.717) is 130 Å². The number of hydrogen-bond donors (Lipinski definition) is 7. The van der Waals surface area contributed by atoms with E-state index in [0.717, 1.165) is 170 Å². The number of rotatable bonds is 35. The Balaban J connectivity index is 0. The molecule has 1 amide bonds. The maximum absolute atomic E-state index is 13.3. The van der Waals surface area contributed by atoms with Gasteiger partial charge in [-0.05, 0) is 317 Å². The molecule has 3 heterocycles. The van der Waals surface area contributed by atoms with E-state index in [-0.39, 0.29) is 77.9 Å².